The van der Waals surface area contributed by atoms with Crippen molar-refractivity contribution < 1.29 is 9.53 Å². The number of hydrogen-bond acceptors (Lipinski definition) is 2. The highest BCUT2D eigenvalue weighted by molar-refractivity contribution is 5.80. The standard InChI is InChI=1S/C15H19NO2/c17-15-13-6-7-14(12(13)8-9-16-15)18-10-11-4-2-1-3-5-11/h1-5,12-14H,6-10H2,(H,16,17). The molecular weight excluding hydrogens is 226 g/mol. The molecule has 1 amide bonds. The van der Waals surface area contributed by atoms with Crippen LogP contribution in [0.25, 0.3) is 0 Å². The number of nitrogens with one attached hydrogen (secondary N) is 1. The highest BCUT2D eigenvalue weighted by atomic mass is 16.5. The molecule has 1 saturated carbocycles. The van der Waals surface area contributed by atoms with E-state index in [0.717, 1.165) is 25.8 Å². The smallest absolute Gasteiger partial charge is 0.223 e. The Morgan fingerprint density at radius 2 is 2.00 bits per heavy atom. The van der Waals surface area contributed by atoms with Crippen LogP contribution in [0, 0.1) is 11.8 Å². The van der Waals surface area contributed by atoms with E-state index in [2.05, 4.69) is 17.4 Å². The van der Waals surface area contributed by atoms with Crippen molar-refractivity contribution >= 4 is 5.91 Å². The largest absolute Gasteiger partial charge is 0.373 e. The zero-order chi connectivity index (χ0) is 12.4. The SMILES string of the molecule is O=C1NCCC2C(OCc3ccccc3)CCC12. The molecule has 1 saturated heterocycles. The second-order valence-corrected chi connectivity index (χ2v) is 5.26. The molecule has 0 spiro atoms. The molecule has 0 bridgehead atoms. The maximum Gasteiger partial charge on any atom is 0.223 e. The number of piperidine rings is 1. The number of amides is 1. The zero-order valence-electron chi connectivity index (χ0n) is 10.5. The number of rotatable bonds is 3. The Kier molecular flexibility index (Phi) is 3.33. The molecule has 3 atom stereocenters. The molecule has 2 fully saturated rings. The average molecular weight is 245 g/mol. The van der Waals surface area contributed by atoms with Gasteiger partial charge in [0.15, 0.2) is 0 Å². The van der Waals surface area contributed by atoms with Crippen LogP contribution in [0.5, 0.6) is 0 Å². The van der Waals surface area contributed by atoms with Crippen molar-refractivity contribution in [2.75, 3.05) is 6.54 Å². The first-order valence-electron chi connectivity index (χ1n) is 6.78. The molecule has 3 rings (SSSR count). The van der Waals surface area contributed by atoms with Crippen molar-refractivity contribution in [3.8, 4) is 0 Å². The number of ether oxygens (including phenoxy) is 1. The third-order valence-corrected chi connectivity index (χ3v) is 4.18. The van der Waals surface area contributed by atoms with Crippen molar-refractivity contribution in [2.24, 2.45) is 11.8 Å². The van der Waals surface area contributed by atoms with E-state index in [4.69, 9.17) is 4.74 Å². The third-order valence-electron chi connectivity index (χ3n) is 4.18. The van der Waals surface area contributed by atoms with Crippen LogP contribution in [-0.2, 0) is 16.1 Å². The van der Waals surface area contributed by atoms with Gasteiger partial charge in [0.1, 0.15) is 0 Å². The quantitative estimate of drug-likeness (QED) is 0.885. The Bertz CT molecular complexity index is 418. The summed E-state index contributed by atoms with van der Waals surface area (Å²) in [4.78, 5) is 11.7. The second-order valence-electron chi connectivity index (χ2n) is 5.26. The molecule has 3 heteroatoms. The van der Waals surface area contributed by atoms with Gasteiger partial charge in [-0.1, -0.05) is 30.3 Å². The number of fused-ring (bicyclic) bond motifs is 1. The summed E-state index contributed by atoms with van der Waals surface area (Å²) in [6, 6.07) is 10.2. The Hall–Kier alpha value is -1.35. The van der Waals surface area contributed by atoms with E-state index < -0.39 is 0 Å². The van der Waals surface area contributed by atoms with E-state index in [9.17, 15) is 4.79 Å². The summed E-state index contributed by atoms with van der Waals surface area (Å²) >= 11 is 0. The lowest BCUT2D eigenvalue weighted by atomic mass is 9.88. The minimum atomic E-state index is 0.194. The van der Waals surface area contributed by atoms with Crippen LogP contribution in [0.15, 0.2) is 30.3 Å². The van der Waals surface area contributed by atoms with E-state index in [1.165, 1.54) is 5.56 Å². The molecule has 1 aromatic rings. The molecule has 3 unspecified atom stereocenters. The Balaban J connectivity index is 1.59. The van der Waals surface area contributed by atoms with Crippen molar-refractivity contribution in [3.63, 3.8) is 0 Å². The van der Waals surface area contributed by atoms with Gasteiger partial charge in [0.25, 0.3) is 0 Å². The topological polar surface area (TPSA) is 38.3 Å². The zero-order valence-corrected chi connectivity index (χ0v) is 10.5. The van der Waals surface area contributed by atoms with Crippen LogP contribution in [0.2, 0.25) is 0 Å². The third kappa shape index (κ3) is 2.27. The summed E-state index contributed by atoms with van der Waals surface area (Å²) in [5.41, 5.74) is 1.21. The molecular formula is C15H19NO2. The summed E-state index contributed by atoms with van der Waals surface area (Å²) in [7, 11) is 0. The van der Waals surface area contributed by atoms with Gasteiger partial charge in [-0.15, -0.1) is 0 Å². The van der Waals surface area contributed by atoms with E-state index in [-0.39, 0.29) is 17.9 Å². The lowest BCUT2D eigenvalue weighted by Gasteiger charge is -2.28. The van der Waals surface area contributed by atoms with Crippen LogP contribution in [0.1, 0.15) is 24.8 Å². The molecule has 0 radical (unpaired) electrons. The van der Waals surface area contributed by atoms with Gasteiger partial charge in [0, 0.05) is 12.5 Å². The summed E-state index contributed by atoms with van der Waals surface area (Å²) in [5, 5.41) is 2.95. The van der Waals surface area contributed by atoms with E-state index >= 15 is 0 Å². The summed E-state index contributed by atoms with van der Waals surface area (Å²) in [6.07, 6.45) is 3.34. The first kappa shape index (κ1) is 11.7. The number of carbonyl (C=O) groups excluding carboxylic acids is 1. The molecule has 1 aliphatic carbocycles. The predicted molar refractivity (Wildman–Crippen MR) is 68.9 cm³/mol. The van der Waals surface area contributed by atoms with Crippen LogP contribution in [-0.4, -0.2) is 18.6 Å². The lowest BCUT2D eigenvalue weighted by Crippen LogP contribution is -2.42. The van der Waals surface area contributed by atoms with Crippen LogP contribution < -0.4 is 5.32 Å². The normalized spacial score (nSPS) is 30.9. The molecule has 1 aromatic carbocycles. The number of benzene rings is 1. The Morgan fingerprint density at radius 3 is 2.83 bits per heavy atom. The first-order valence-corrected chi connectivity index (χ1v) is 6.78. The lowest BCUT2D eigenvalue weighted by molar-refractivity contribution is -0.129. The molecule has 3 nitrogen and oxygen atoms in total. The van der Waals surface area contributed by atoms with Crippen molar-refractivity contribution in [3.05, 3.63) is 35.9 Å². The molecule has 18 heavy (non-hydrogen) atoms. The molecule has 1 heterocycles. The van der Waals surface area contributed by atoms with Gasteiger partial charge in [-0.2, -0.15) is 0 Å². The predicted octanol–water partition coefficient (Wildman–Crippen LogP) is 2.12. The van der Waals surface area contributed by atoms with Gasteiger partial charge in [0.2, 0.25) is 5.91 Å². The summed E-state index contributed by atoms with van der Waals surface area (Å²) in [6.45, 7) is 1.47. The van der Waals surface area contributed by atoms with E-state index in [1.807, 2.05) is 18.2 Å². The van der Waals surface area contributed by atoms with Crippen molar-refractivity contribution in [1.29, 1.82) is 0 Å². The van der Waals surface area contributed by atoms with Gasteiger partial charge in [-0.05, 0) is 30.7 Å². The highest BCUT2D eigenvalue weighted by Gasteiger charge is 2.42. The first-order chi connectivity index (χ1) is 8.84. The molecule has 0 aromatic heterocycles. The van der Waals surface area contributed by atoms with Crippen LogP contribution >= 0.6 is 0 Å². The molecule has 2 aliphatic rings. The van der Waals surface area contributed by atoms with Gasteiger partial charge in [-0.25, -0.2) is 0 Å². The minimum absolute atomic E-state index is 0.194. The fraction of sp³-hybridized carbons (Fsp3) is 0.533. The maximum absolute atomic E-state index is 11.7. The fourth-order valence-electron chi connectivity index (χ4n) is 3.22. The maximum atomic E-state index is 11.7. The van der Waals surface area contributed by atoms with E-state index in [0.29, 0.717) is 12.5 Å². The number of hydrogen-bond donors (Lipinski definition) is 1. The molecule has 1 aliphatic heterocycles. The Morgan fingerprint density at radius 1 is 1.17 bits per heavy atom. The van der Waals surface area contributed by atoms with Crippen LogP contribution in [0.4, 0.5) is 0 Å². The summed E-state index contributed by atoms with van der Waals surface area (Å²) in [5.74, 6) is 0.860. The molecule has 96 valence electrons. The van der Waals surface area contributed by atoms with Gasteiger partial charge in [-0.3, -0.25) is 4.79 Å². The monoisotopic (exact) mass is 245 g/mol. The van der Waals surface area contributed by atoms with Gasteiger partial charge < -0.3 is 10.1 Å². The molecule has 1 N–H and O–H groups in total. The number of carbonyl (C=O) groups is 1. The minimum Gasteiger partial charge on any atom is -0.373 e. The second kappa shape index (κ2) is 5.11. The van der Waals surface area contributed by atoms with Crippen molar-refractivity contribution in [1.82, 2.24) is 5.32 Å². The van der Waals surface area contributed by atoms with Gasteiger partial charge in [0.05, 0.1) is 12.7 Å². The summed E-state index contributed by atoms with van der Waals surface area (Å²) < 4.78 is 6.03. The van der Waals surface area contributed by atoms with Crippen molar-refractivity contribution in [2.45, 2.75) is 32.0 Å². The van der Waals surface area contributed by atoms with Gasteiger partial charge >= 0.3 is 0 Å². The fourth-order valence-corrected chi connectivity index (χ4v) is 3.22. The highest BCUT2D eigenvalue weighted by Crippen LogP contribution is 2.38. The van der Waals surface area contributed by atoms with Crippen LogP contribution in [0.3, 0.4) is 0 Å². The van der Waals surface area contributed by atoms with E-state index in [1.54, 1.807) is 0 Å². The Labute approximate surface area is 108 Å². The average Bonchev–Trinajstić information content (AvgIpc) is 2.82.